The van der Waals surface area contributed by atoms with Crippen molar-refractivity contribution >= 4 is 34.9 Å². The lowest BCUT2D eigenvalue weighted by Gasteiger charge is -2.32. The highest BCUT2D eigenvalue weighted by Crippen LogP contribution is 2.35. The monoisotopic (exact) mass is 415 g/mol. The van der Waals surface area contributed by atoms with E-state index in [1.54, 1.807) is 29.2 Å². The maximum absolute atomic E-state index is 13.1. The van der Waals surface area contributed by atoms with Gasteiger partial charge in [-0.3, -0.25) is 9.59 Å². The van der Waals surface area contributed by atoms with Gasteiger partial charge in [-0.1, -0.05) is 6.07 Å². The van der Waals surface area contributed by atoms with E-state index in [1.807, 2.05) is 11.4 Å². The number of urea groups is 1. The Morgan fingerprint density at radius 1 is 1.17 bits per heavy atom. The summed E-state index contributed by atoms with van der Waals surface area (Å²) in [5, 5.41) is 4.83. The second-order valence-electron chi connectivity index (χ2n) is 6.91. The lowest BCUT2D eigenvalue weighted by Crippen LogP contribution is -2.49. The second kappa shape index (κ2) is 7.75. The Balaban J connectivity index is 1.53. The summed E-state index contributed by atoms with van der Waals surface area (Å²) in [5.74, 6) is 0.529. The Morgan fingerprint density at radius 3 is 2.52 bits per heavy atom. The topological polar surface area (TPSA) is 88.2 Å². The van der Waals surface area contributed by atoms with Crippen LogP contribution in [0.2, 0.25) is 0 Å². The van der Waals surface area contributed by atoms with E-state index in [0.29, 0.717) is 41.4 Å². The molecule has 2 saturated heterocycles. The third-order valence-corrected chi connectivity index (χ3v) is 6.09. The standard InChI is InChI=1S/C20H21N3O5S/c1-27-14-9-13(10-15(11-14)28-2)23-19(25)16-8-12(5-6-22(16)20(23)26)21-18(24)17-4-3-7-29-17/h3-4,7,9-12,16H,5-6,8H2,1-2H3,(H,21,24)/t12-,16-/m0/s1. The van der Waals surface area contributed by atoms with Crippen LogP contribution in [0, 0.1) is 0 Å². The van der Waals surface area contributed by atoms with E-state index in [2.05, 4.69) is 5.32 Å². The van der Waals surface area contributed by atoms with Crippen molar-refractivity contribution in [3.05, 3.63) is 40.6 Å². The minimum Gasteiger partial charge on any atom is -0.497 e. The van der Waals surface area contributed by atoms with Gasteiger partial charge in [-0.05, 0) is 24.3 Å². The van der Waals surface area contributed by atoms with Crippen molar-refractivity contribution in [3.63, 3.8) is 0 Å². The number of methoxy groups -OCH3 is 2. The molecular formula is C20H21N3O5S. The minimum absolute atomic E-state index is 0.149. The summed E-state index contributed by atoms with van der Waals surface area (Å²) in [4.78, 5) is 41.7. The number of ether oxygens (including phenoxy) is 2. The Morgan fingerprint density at radius 2 is 1.90 bits per heavy atom. The molecule has 0 bridgehead atoms. The van der Waals surface area contributed by atoms with E-state index in [1.165, 1.54) is 30.5 Å². The van der Waals surface area contributed by atoms with Crippen molar-refractivity contribution in [3.8, 4) is 11.5 Å². The van der Waals surface area contributed by atoms with Gasteiger partial charge in [0.1, 0.15) is 17.5 Å². The van der Waals surface area contributed by atoms with Gasteiger partial charge < -0.3 is 19.7 Å². The molecular weight excluding hydrogens is 394 g/mol. The predicted octanol–water partition coefficient (Wildman–Crippen LogP) is 2.49. The molecule has 2 atom stereocenters. The first-order valence-electron chi connectivity index (χ1n) is 9.24. The molecule has 2 fully saturated rings. The Bertz CT molecular complexity index is 923. The molecule has 0 unspecified atom stereocenters. The summed E-state index contributed by atoms with van der Waals surface area (Å²) in [7, 11) is 3.02. The van der Waals surface area contributed by atoms with Gasteiger partial charge in [-0.15, -0.1) is 11.3 Å². The maximum atomic E-state index is 13.1. The van der Waals surface area contributed by atoms with Crippen LogP contribution in [0.15, 0.2) is 35.7 Å². The number of carbonyl (C=O) groups is 3. The third-order valence-electron chi connectivity index (χ3n) is 5.22. The van der Waals surface area contributed by atoms with Crippen LogP contribution in [0.1, 0.15) is 22.5 Å². The molecule has 4 rings (SSSR count). The molecule has 0 radical (unpaired) electrons. The molecule has 0 saturated carbocycles. The van der Waals surface area contributed by atoms with Crippen LogP contribution < -0.4 is 19.7 Å². The van der Waals surface area contributed by atoms with E-state index in [4.69, 9.17) is 9.47 Å². The molecule has 29 heavy (non-hydrogen) atoms. The lowest BCUT2D eigenvalue weighted by atomic mass is 9.98. The van der Waals surface area contributed by atoms with Crippen LogP contribution in [0.3, 0.4) is 0 Å². The Labute approximate surface area is 172 Å². The smallest absolute Gasteiger partial charge is 0.332 e. The summed E-state index contributed by atoms with van der Waals surface area (Å²) in [6.07, 6.45) is 0.987. The number of hydrogen-bond acceptors (Lipinski definition) is 6. The molecule has 2 aliphatic rings. The fourth-order valence-corrected chi connectivity index (χ4v) is 4.38. The first-order valence-corrected chi connectivity index (χ1v) is 10.1. The number of benzene rings is 1. The molecule has 152 valence electrons. The van der Waals surface area contributed by atoms with Crippen LogP contribution in [-0.4, -0.2) is 55.6 Å². The molecule has 2 aromatic rings. The first kappa shape index (κ1) is 19.3. The van der Waals surface area contributed by atoms with Gasteiger partial charge in [0.05, 0.1) is 24.8 Å². The number of nitrogens with zero attached hydrogens (tertiary/aromatic N) is 2. The summed E-state index contributed by atoms with van der Waals surface area (Å²) in [5.41, 5.74) is 0.407. The quantitative estimate of drug-likeness (QED) is 0.758. The zero-order valence-electron chi connectivity index (χ0n) is 16.1. The number of thiophene rings is 1. The van der Waals surface area contributed by atoms with E-state index in [0.717, 1.165) is 0 Å². The highest BCUT2D eigenvalue weighted by atomic mass is 32.1. The van der Waals surface area contributed by atoms with Crippen molar-refractivity contribution < 1.29 is 23.9 Å². The van der Waals surface area contributed by atoms with Crippen LogP contribution >= 0.6 is 11.3 Å². The Kier molecular flexibility index (Phi) is 5.14. The van der Waals surface area contributed by atoms with Gasteiger partial charge in [0.25, 0.3) is 11.8 Å². The van der Waals surface area contributed by atoms with Crippen LogP contribution in [0.25, 0.3) is 0 Å². The number of amides is 4. The Hall–Kier alpha value is -3.07. The second-order valence-corrected chi connectivity index (χ2v) is 7.86. The van der Waals surface area contributed by atoms with E-state index < -0.39 is 6.04 Å². The SMILES string of the molecule is COc1cc(OC)cc(N2C(=O)[C@@H]3C[C@@H](NC(=O)c4cccs4)CCN3C2=O)c1. The fourth-order valence-electron chi connectivity index (χ4n) is 3.75. The van der Waals surface area contributed by atoms with E-state index in [9.17, 15) is 14.4 Å². The molecule has 1 aromatic heterocycles. The normalized spacial score (nSPS) is 21.2. The first-order chi connectivity index (χ1) is 14.0. The number of nitrogens with one attached hydrogen (secondary N) is 1. The van der Waals surface area contributed by atoms with E-state index >= 15 is 0 Å². The van der Waals surface area contributed by atoms with Crippen molar-refractivity contribution in [2.45, 2.75) is 24.9 Å². The van der Waals surface area contributed by atoms with Crippen LogP contribution in [-0.2, 0) is 4.79 Å². The van der Waals surface area contributed by atoms with Crippen molar-refractivity contribution in [1.29, 1.82) is 0 Å². The van der Waals surface area contributed by atoms with Crippen molar-refractivity contribution in [1.82, 2.24) is 10.2 Å². The molecule has 0 spiro atoms. The molecule has 1 N–H and O–H groups in total. The molecule has 2 aliphatic heterocycles. The summed E-state index contributed by atoms with van der Waals surface area (Å²) >= 11 is 1.37. The molecule has 4 amide bonds. The summed E-state index contributed by atoms with van der Waals surface area (Å²) in [6.45, 7) is 0.405. The number of fused-ring (bicyclic) bond motifs is 1. The molecule has 3 heterocycles. The van der Waals surface area contributed by atoms with Crippen molar-refractivity contribution in [2.24, 2.45) is 0 Å². The summed E-state index contributed by atoms with van der Waals surface area (Å²) < 4.78 is 10.5. The average molecular weight is 415 g/mol. The average Bonchev–Trinajstić information content (AvgIpc) is 3.35. The highest BCUT2D eigenvalue weighted by Gasteiger charge is 2.49. The van der Waals surface area contributed by atoms with Gasteiger partial charge in [-0.2, -0.15) is 0 Å². The van der Waals surface area contributed by atoms with Crippen LogP contribution in [0.5, 0.6) is 11.5 Å². The maximum Gasteiger partial charge on any atom is 0.332 e. The van der Waals surface area contributed by atoms with Gasteiger partial charge in [-0.25, -0.2) is 9.69 Å². The van der Waals surface area contributed by atoms with Gasteiger partial charge in [0.2, 0.25) is 0 Å². The molecule has 0 aliphatic carbocycles. The number of carbonyl (C=O) groups excluding carboxylic acids is 3. The zero-order chi connectivity index (χ0) is 20.5. The number of hydrogen-bond donors (Lipinski definition) is 1. The number of anilines is 1. The molecule has 1 aromatic carbocycles. The molecule has 9 heteroatoms. The van der Waals surface area contributed by atoms with Crippen LogP contribution in [0.4, 0.5) is 10.5 Å². The zero-order valence-corrected chi connectivity index (χ0v) is 16.9. The van der Waals surface area contributed by atoms with E-state index in [-0.39, 0.29) is 23.9 Å². The van der Waals surface area contributed by atoms with Crippen molar-refractivity contribution in [2.75, 3.05) is 25.7 Å². The summed E-state index contributed by atoms with van der Waals surface area (Å²) in [6, 6.07) is 7.40. The minimum atomic E-state index is -0.595. The van der Waals surface area contributed by atoms with Gasteiger partial charge >= 0.3 is 6.03 Å². The van der Waals surface area contributed by atoms with Gasteiger partial charge in [0.15, 0.2) is 0 Å². The molecule has 8 nitrogen and oxygen atoms in total. The fraction of sp³-hybridized carbons (Fsp3) is 0.350. The number of rotatable bonds is 5. The third kappa shape index (κ3) is 3.53. The largest absolute Gasteiger partial charge is 0.497 e. The predicted molar refractivity (Wildman–Crippen MR) is 108 cm³/mol. The number of piperidine rings is 1. The highest BCUT2D eigenvalue weighted by molar-refractivity contribution is 7.12. The lowest BCUT2D eigenvalue weighted by molar-refractivity contribution is -0.120. The van der Waals surface area contributed by atoms with Gasteiger partial charge in [0, 0.05) is 30.8 Å². The number of imide groups is 1.